The van der Waals surface area contributed by atoms with Crippen LogP contribution in [0.1, 0.15) is 27.2 Å². The quantitative estimate of drug-likeness (QED) is 0.0404. The highest BCUT2D eigenvalue weighted by Crippen LogP contribution is 2.39. The zero-order valence-corrected chi connectivity index (χ0v) is 49.6. The number of carboxylic acids is 1. The van der Waals surface area contributed by atoms with E-state index in [4.69, 9.17) is 61.6 Å². The summed E-state index contributed by atoms with van der Waals surface area (Å²) in [4.78, 5) is 50.4. The number of amides is 3. The van der Waals surface area contributed by atoms with E-state index in [1.54, 1.807) is 0 Å². The molecule has 0 aromatic carbocycles. The van der Waals surface area contributed by atoms with E-state index in [0.717, 1.165) is 20.8 Å². The summed E-state index contributed by atoms with van der Waals surface area (Å²) < 4.78 is 74.6. The standard InChI is InChI=1S/C51H85N3O39/c1-12(60)52-23-15(63)4-51(50(79)80,93-42(23)26(65)16(64)5-55)82-11-22-28(67)33(72)37(76)48(88-22)90-40-20(9-59)86-46(25(31(40)70)54-14(3)62)92-43-29(68)21(87-49(38(43)77)91-41-18(7-57)83-44(78)35(74)34(41)73)10-81-45-24(53-13(2)61)30(69)39(19(8-58)85-45)89-47-36(75)32(71)27(66)17(6-56)84-47/h15-49,55-59,63-78H,4-11H2,1-3H3,(H,52,60)(H,53,61)(H,54,62)(H,79,80)/t15-,16+,17+,18+,19+,20+,21+,22+,23+,24+,25+,26+,27-,28-,29-,30+,31+,32-,33-,34+,35+,36+,37+,38+,39+,40+,41+,42+,43-,44-,45+,46-,47-,48-,49-,51-/m0/s1. The summed E-state index contributed by atoms with van der Waals surface area (Å²) in [6, 6.07) is -5.34. The average molecular weight is 1360 g/mol. The fourth-order valence-corrected chi connectivity index (χ4v) is 11.7. The van der Waals surface area contributed by atoms with Crippen LogP contribution in [0.2, 0.25) is 0 Å². The normalized spacial score (nSPS) is 47.2. The Bertz CT molecular complexity index is 2410. The number of nitrogens with one attached hydrogen (secondary N) is 3. The summed E-state index contributed by atoms with van der Waals surface area (Å²) in [5.41, 5.74) is 0. The molecule has 7 fully saturated rings. The van der Waals surface area contributed by atoms with Crippen LogP contribution in [0.25, 0.3) is 0 Å². The zero-order valence-electron chi connectivity index (χ0n) is 49.6. The van der Waals surface area contributed by atoms with Crippen molar-refractivity contribution >= 4 is 23.7 Å². The van der Waals surface area contributed by atoms with Crippen molar-refractivity contribution in [3.63, 3.8) is 0 Å². The van der Waals surface area contributed by atoms with Crippen molar-refractivity contribution in [3.8, 4) is 0 Å². The van der Waals surface area contributed by atoms with Crippen molar-refractivity contribution < 1.29 is 193 Å². The molecule has 0 unspecified atom stereocenters. The highest BCUT2D eigenvalue weighted by molar-refractivity contribution is 5.77. The molecule has 0 spiro atoms. The van der Waals surface area contributed by atoms with Gasteiger partial charge >= 0.3 is 5.97 Å². The SMILES string of the molecule is CC(=O)N[C@H]1[C@H](OC[C@H]2O[C@@H](O[C@H]3[C@H](O)[C@@H](O)[C@@H](O)O[C@@H]3CO)[C@H](O)[C@@H](O[C@@H]3O[C@H](CO)[C@@H](O[C@@H]4O[C@H](CO[C@@]5(C(=O)O)C[C@H](O)[C@@H](NC(C)=O)[C@H]([C@H](O)[C@H](O)CO)O5)[C@H](O)[C@H](O)[C@H]4O)[C@H](O)[C@H]3NC(C)=O)[C@H]2O)O[C@H](CO)[C@@H](O[C@@H]2O[C@H](CO)[C@H](O)[C@H](O)[C@H]2O)[C@@H]1O. The fraction of sp³-hybridized carbons (Fsp3) is 0.922. The molecule has 25 N–H and O–H groups in total. The smallest absolute Gasteiger partial charge is 0.364 e. The molecule has 0 bridgehead atoms. The molecule has 7 aliphatic rings. The first-order chi connectivity index (χ1) is 43.8. The van der Waals surface area contributed by atoms with E-state index in [1.807, 2.05) is 0 Å². The van der Waals surface area contributed by atoms with Crippen LogP contribution in [0, 0.1) is 0 Å². The van der Waals surface area contributed by atoms with Gasteiger partial charge in [-0.3, -0.25) is 14.4 Å². The van der Waals surface area contributed by atoms with Gasteiger partial charge in [0, 0.05) is 27.2 Å². The summed E-state index contributed by atoms with van der Waals surface area (Å²) >= 11 is 0. The molecule has 0 aliphatic carbocycles. The number of carbonyl (C=O) groups is 4. The second-order valence-corrected chi connectivity index (χ2v) is 23.3. The minimum atomic E-state index is -3.03. The van der Waals surface area contributed by atoms with Gasteiger partial charge in [0.15, 0.2) is 37.7 Å². The van der Waals surface area contributed by atoms with E-state index in [1.165, 1.54) is 0 Å². The Morgan fingerprint density at radius 2 is 0.849 bits per heavy atom. The van der Waals surface area contributed by atoms with Crippen LogP contribution < -0.4 is 16.0 Å². The molecule has 7 aliphatic heterocycles. The van der Waals surface area contributed by atoms with Crippen molar-refractivity contribution in [3.05, 3.63) is 0 Å². The van der Waals surface area contributed by atoms with E-state index in [2.05, 4.69) is 16.0 Å². The van der Waals surface area contributed by atoms with Gasteiger partial charge in [-0.05, 0) is 0 Å². The van der Waals surface area contributed by atoms with E-state index < -0.39 is 297 Å². The number of carboxylic acid groups (broad SMARTS) is 1. The van der Waals surface area contributed by atoms with Gasteiger partial charge in [0.1, 0.15) is 165 Å². The van der Waals surface area contributed by atoms with Gasteiger partial charge in [-0.2, -0.15) is 0 Å². The predicted octanol–water partition coefficient (Wildman–Crippen LogP) is -16.6. The molecule has 42 nitrogen and oxygen atoms in total. The van der Waals surface area contributed by atoms with Crippen LogP contribution in [0.3, 0.4) is 0 Å². The molecule has 538 valence electrons. The third-order valence-electron chi connectivity index (χ3n) is 16.7. The van der Waals surface area contributed by atoms with Gasteiger partial charge in [0.25, 0.3) is 5.79 Å². The Morgan fingerprint density at radius 1 is 0.441 bits per heavy atom. The fourth-order valence-electron chi connectivity index (χ4n) is 11.7. The third kappa shape index (κ3) is 17.0. The number of ether oxygens (including phenoxy) is 13. The maximum atomic E-state index is 12.9. The highest BCUT2D eigenvalue weighted by atomic mass is 16.8. The maximum Gasteiger partial charge on any atom is 0.364 e. The molecular weight excluding hydrogens is 1280 g/mol. The molecule has 36 atom stereocenters. The summed E-state index contributed by atoms with van der Waals surface area (Å²) in [5, 5.41) is 244. The van der Waals surface area contributed by atoms with Crippen molar-refractivity contribution in [1.29, 1.82) is 0 Å². The first-order valence-electron chi connectivity index (χ1n) is 29.2. The highest BCUT2D eigenvalue weighted by Gasteiger charge is 2.60. The number of aliphatic hydroxyl groups is 21. The van der Waals surface area contributed by atoms with Gasteiger partial charge in [0.2, 0.25) is 17.7 Å². The Kier molecular flexibility index (Phi) is 27.2. The van der Waals surface area contributed by atoms with Gasteiger partial charge in [0.05, 0.1) is 58.4 Å². The summed E-state index contributed by atoms with van der Waals surface area (Å²) in [5.74, 6) is -7.67. The Morgan fingerprint density at radius 3 is 1.33 bits per heavy atom. The molecule has 7 saturated heterocycles. The van der Waals surface area contributed by atoms with Crippen LogP contribution in [0.5, 0.6) is 0 Å². The van der Waals surface area contributed by atoms with Gasteiger partial charge in [-0.1, -0.05) is 0 Å². The molecule has 7 heterocycles. The second kappa shape index (κ2) is 32.9. The lowest BCUT2D eigenvalue weighted by Crippen LogP contribution is -2.70. The average Bonchev–Trinajstić information content (AvgIpc) is 0.784. The topological polar surface area (TPSA) is 669 Å². The predicted molar refractivity (Wildman–Crippen MR) is 284 cm³/mol. The minimum absolute atomic E-state index is 0.813. The minimum Gasteiger partial charge on any atom is -0.477 e. The van der Waals surface area contributed by atoms with Crippen molar-refractivity contribution in [2.45, 2.75) is 248 Å². The van der Waals surface area contributed by atoms with Gasteiger partial charge < -0.3 is 190 Å². The van der Waals surface area contributed by atoms with Crippen LogP contribution in [-0.2, 0) is 80.8 Å². The molecule has 42 heteroatoms. The summed E-state index contributed by atoms with van der Waals surface area (Å²) in [6.07, 6.45) is -66.4. The lowest BCUT2D eigenvalue weighted by Gasteiger charge is -2.50. The Hall–Kier alpha value is -3.48. The molecule has 0 saturated carbocycles. The molecule has 3 amide bonds. The van der Waals surface area contributed by atoms with E-state index in [-0.39, 0.29) is 0 Å². The van der Waals surface area contributed by atoms with Crippen molar-refractivity contribution in [2.75, 3.05) is 46.2 Å². The van der Waals surface area contributed by atoms with Crippen LogP contribution in [-0.4, -0.2) is 403 Å². The number of aliphatic hydroxyl groups excluding tert-OH is 21. The number of aliphatic carboxylic acids is 1. The Labute approximate surface area is 525 Å². The number of hydrogen-bond donors (Lipinski definition) is 25. The van der Waals surface area contributed by atoms with Crippen LogP contribution in [0.4, 0.5) is 0 Å². The van der Waals surface area contributed by atoms with Crippen LogP contribution >= 0.6 is 0 Å². The monoisotopic (exact) mass is 1360 g/mol. The van der Waals surface area contributed by atoms with E-state index in [9.17, 15) is 132 Å². The van der Waals surface area contributed by atoms with Gasteiger partial charge in [-0.15, -0.1) is 0 Å². The van der Waals surface area contributed by atoms with Crippen molar-refractivity contribution in [2.24, 2.45) is 0 Å². The first kappa shape index (κ1) is 76.9. The maximum absolute atomic E-state index is 12.9. The third-order valence-corrected chi connectivity index (χ3v) is 16.7. The molecule has 0 aromatic rings. The first-order valence-corrected chi connectivity index (χ1v) is 29.2. The van der Waals surface area contributed by atoms with E-state index >= 15 is 0 Å². The molecule has 0 radical (unpaired) electrons. The van der Waals surface area contributed by atoms with Crippen LogP contribution in [0.15, 0.2) is 0 Å². The largest absolute Gasteiger partial charge is 0.477 e. The van der Waals surface area contributed by atoms with Crippen molar-refractivity contribution in [1.82, 2.24) is 16.0 Å². The number of carbonyl (C=O) groups excluding carboxylic acids is 3. The van der Waals surface area contributed by atoms with Gasteiger partial charge in [-0.25, -0.2) is 4.79 Å². The molecule has 7 rings (SSSR count). The zero-order chi connectivity index (χ0) is 69.0. The lowest BCUT2D eigenvalue weighted by molar-refractivity contribution is -0.385. The number of rotatable bonds is 25. The lowest BCUT2D eigenvalue weighted by atomic mass is 9.88. The summed E-state index contributed by atoms with van der Waals surface area (Å²) in [6.45, 7) is -4.54. The molecular formula is C51H85N3O39. The number of hydrogen-bond acceptors (Lipinski definition) is 38. The second-order valence-electron chi connectivity index (χ2n) is 23.3. The Balaban J connectivity index is 1.13. The van der Waals surface area contributed by atoms with E-state index in [0.29, 0.717) is 0 Å². The molecule has 93 heavy (non-hydrogen) atoms. The summed E-state index contributed by atoms with van der Waals surface area (Å²) in [7, 11) is 0. The molecule has 0 aromatic heterocycles.